The zero-order valence-electron chi connectivity index (χ0n) is 12.4. The molecule has 1 aliphatic rings. The fourth-order valence-corrected chi connectivity index (χ4v) is 3.01. The summed E-state index contributed by atoms with van der Waals surface area (Å²) in [5.41, 5.74) is 1.94. The summed E-state index contributed by atoms with van der Waals surface area (Å²) in [4.78, 5) is 30.5. The smallest absolute Gasteiger partial charge is 0.227 e. The second-order valence-corrected chi connectivity index (χ2v) is 6.00. The van der Waals surface area contributed by atoms with Gasteiger partial charge in [-0.2, -0.15) is 0 Å². The van der Waals surface area contributed by atoms with Gasteiger partial charge >= 0.3 is 0 Å². The van der Waals surface area contributed by atoms with Crippen molar-refractivity contribution in [3.8, 4) is 0 Å². The van der Waals surface area contributed by atoms with Crippen molar-refractivity contribution in [1.82, 2.24) is 14.8 Å². The minimum Gasteiger partial charge on any atom is -0.361 e. The van der Waals surface area contributed by atoms with Gasteiger partial charge in [0.05, 0.1) is 6.42 Å². The van der Waals surface area contributed by atoms with E-state index >= 15 is 0 Å². The Balaban J connectivity index is 1.69. The van der Waals surface area contributed by atoms with E-state index in [0.29, 0.717) is 37.6 Å². The Hall–Kier alpha value is -2.01. The molecule has 1 aromatic carbocycles. The van der Waals surface area contributed by atoms with Crippen LogP contribution in [0.3, 0.4) is 0 Å². The maximum atomic E-state index is 12.4. The molecule has 2 heterocycles. The van der Waals surface area contributed by atoms with Gasteiger partial charge in [0.25, 0.3) is 0 Å². The number of hydrogen-bond donors (Lipinski definition) is 1. The number of benzene rings is 1. The number of nitrogens with zero attached hydrogens (tertiary/aromatic N) is 2. The van der Waals surface area contributed by atoms with Gasteiger partial charge in [-0.05, 0) is 23.8 Å². The highest BCUT2D eigenvalue weighted by Crippen LogP contribution is 2.23. The number of aromatic nitrogens is 1. The third kappa shape index (κ3) is 2.95. The molecule has 1 fully saturated rings. The molecule has 6 heteroatoms. The molecule has 5 nitrogen and oxygen atoms in total. The van der Waals surface area contributed by atoms with Crippen LogP contribution in [0.1, 0.15) is 12.5 Å². The standard InChI is InChI=1S/C16H18ClN3O2/c1-11(21)19-4-6-20(7-5-19)16(22)8-12-10-18-15-3-2-13(17)9-14(12)15/h2-3,9-10,18H,4-8H2,1H3. The predicted molar refractivity (Wildman–Crippen MR) is 85.8 cm³/mol. The van der Waals surface area contributed by atoms with Crippen molar-refractivity contribution in [3.63, 3.8) is 0 Å². The van der Waals surface area contributed by atoms with E-state index in [9.17, 15) is 9.59 Å². The van der Waals surface area contributed by atoms with E-state index in [-0.39, 0.29) is 11.8 Å². The Kier molecular flexibility index (Phi) is 4.07. The zero-order chi connectivity index (χ0) is 15.7. The number of carbonyl (C=O) groups excluding carboxylic acids is 2. The van der Waals surface area contributed by atoms with Crippen molar-refractivity contribution in [2.75, 3.05) is 26.2 Å². The molecule has 22 heavy (non-hydrogen) atoms. The van der Waals surface area contributed by atoms with E-state index < -0.39 is 0 Å². The van der Waals surface area contributed by atoms with Crippen LogP contribution in [0, 0.1) is 0 Å². The first-order chi connectivity index (χ1) is 10.5. The van der Waals surface area contributed by atoms with E-state index in [1.54, 1.807) is 11.8 Å². The molecule has 0 saturated carbocycles. The van der Waals surface area contributed by atoms with Crippen molar-refractivity contribution in [1.29, 1.82) is 0 Å². The van der Waals surface area contributed by atoms with Crippen LogP contribution in [0.15, 0.2) is 24.4 Å². The molecule has 0 aliphatic carbocycles. The third-order valence-corrected chi connectivity index (χ3v) is 4.38. The molecule has 1 saturated heterocycles. The lowest BCUT2D eigenvalue weighted by atomic mass is 10.1. The van der Waals surface area contributed by atoms with Crippen LogP contribution in [0.25, 0.3) is 10.9 Å². The van der Waals surface area contributed by atoms with Crippen molar-refractivity contribution in [2.45, 2.75) is 13.3 Å². The quantitative estimate of drug-likeness (QED) is 0.921. The summed E-state index contributed by atoms with van der Waals surface area (Å²) in [6.45, 7) is 3.98. The van der Waals surface area contributed by atoms with Crippen molar-refractivity contribution < 1.29 is 9.59 Å². The summed E-state index contributed by atoms with van der Waals surface area (Å²) >= 11 is 6.03. The molecule has 0 bridgehead atoms. The first kappa shape index (κ1) is 14.9. The van der Waals surface area contributed by atoms with Crippen molar-refractivity contribution in [3.05, 3.63) is 35.0 Å². The first-order valence-corrected chi connectivity index (χ1v) is 7.71. The molecule has 116 valence electrons. The van der Waals surface area contributed by atoms with Crippen LogP contribution in [0.2, 0.25) is 5.02 Å². The highest BCUT2D eigenvalue weighted by Gasteiger charge is 2.22. The molecular weight excluding hydrogens is 302 g/mol. The number of H-pyrrole nitrogens is 1. The molecule has 2 aromatic rings. The number of carbonyl (C=O) groups is 2. The minimum absolute atomic E-state index is 0.0679. The molecule has 0 spiro atoms. The average molecular weight is 320 g/mol. The van der Waals surface area contributed by atoms with Gasteiger partial charge in [-0.15, -0.1) is 0 Å². The summed E-state index contributed by atoms with van der Waals surface area (Å²) in [5, 5.41) is 1.65. The molecule has 3 rings (SSSR count). The van der Waals surface area contributed by atoms with Crippen LogP contribution in [-0.4, -0.2) is 52.8 Å². The lowest BCUT2D eigenvalue weighted by Gasteiger charge is -2.34. The fraction of sp³-hybridized carbons (Fsp3) is 0.375. The topological polar surface area (TPSA) is 56.4 Å². The zero-order valence-corrected chi connectivity index (χ0v) is 13.2. The van der Waals surface area contributed by atoms with Gasteiger partial charge in [0, 0.05) is 55.2 Å². The molecule has 2 amide bonds. The first-order valence-electron chi connectivity index (χ1n) is 7.33. The van der Waals surface area contributed by atoms with E-state index in [2.05, 4.69) is 4.98 Å². The molecule has 1 aliphatic heterocycles. The molecule has 1 aromatic heterocycles. The number of aromatic amines is 1. The average Bonchev–Trinajstić information content (AvgIpc) is 2.89. The van der Waals surface area contributed by atoms with Gasteiger partial charge < -0.3 is 14.8 Å². The third-order valence-electron chi connectivity index (χ3n) is 4.15. The molecule has 1 N–H and O–H groups in total. The monoisotopic (exact) mass is 319 g/mol. The van der Waals surface area contributed by atoms with Crippen molar-refractivity contribution >= 4 is 34.3 Å². The second kappa shape index (κ2) is 6.01. The molecule has 0 atom stereocenters. The van der Waals surface area contributed by atoms with Crippen LogP contribution >= 0.6 is 11.6 Å². The van der Waals surface area contributed by atoms with E-state index in [1.165, 1.54) is 0 Å². The second-order valence-electron chi connectivity index (χ2n) is 5.57. The Morgan fingerprint density at radius 1 is 1.18 bits per heavy atom. The van der Waals surface area contributed by atoms with Gasteiger partial charge in [-0.1, -0.05) is 11.6 Å². The van der Waals surface area contributed by atoms with Gasteiger partial charge in [-0.3, -0.25) is 9.59 Å². The van der Waals surface area contributed by atoms with Crippen LogP contribution < -0.4 is 0 Å². The van der Waals surface area contributed by atoms with Gasteiger partial charge in [0.2, 0.25) is 11.8 Å². The van der Waals surface area contributed by atoms with Gasteiger partial charge in [0.1, 0.15) is 0 Å². The SMILES string of the molecule is CC(=O)N1CCN(C(=O)Cc2c[nH]c3ccc(Cl)cc23)CC1. The maximum Gasteiger partial charge on any atom is 0.227 e. The highest BCUT2D eigenvalue weighted by molar-refractivity contribution is 6.31. The van der Waals surface area contributed by atoms with Crippen LogP contribution in [0.4, 0.5) is 0 Å². The summed E-state index contributed by atoms with van der Waals surface area (Å²) in [5.74, 6) is 0.155. The number of piperazine rings is 1. The van der Waals surface area contributed by atoms with Crippen molar-refractivity contribution in [2.24, 2.45) is 0 Å². The molecule has 0 unspecified atom stereocenters. The van der Waals surface area contributed by atoms with Crippen LogP contribution in [0.5, 0.6) is 0 Å². The Morgan fingerprint density at radius 3 is 2.55 bits per heavy atom. The number of rotatable bonds is 2. The summed E-state index contributed by atoms with van der Waals surface area (Å²) in [6.07, 6.45) is 2.21. The fourth-order valence-electron chi connectivity index (χ4n) is 2.84. The minimum atomic E-state index is 0.0679. The lowest BCUT2D eigenvalue weighted by Crippen LogP contribution is -2.50. The van der Waals surface area contributed by atoms with E-state index in [0.717, 1.165) is 16.5 Å². The molecular formula is C16H18ClN3O2. The molecule has 0 radical (unpaired) electrons. The Bertz CT molecular complexity index is 717. The lowest BCUT2D eigenvalue weighted by molar-refractivity contribution is -0.137. The highest BCUT2D eigenvalue weighted by atomic mass is 35.5. The largest absolute Gasteiger partial charge is 0.361 e. The summed E-state index contributed by atoms with van der Waals surface area (Å²) < 4.78 is 0. The predicted octanol–water partition coefficient (Wildman–Crippen LogP) is 2.05. The number of nitrogens with one attached hydrogen (secondary N) is 1. The summed E-state index contributed by atoms with van der Waals surface area (Å²) in [7, 11) is 0. The van der Waals surface area contributed by atoms with Gasteiger partial charge in [-0.25, -0.2) is 0 Å². The maximum absolute atomic E-state index is 12.4. The normalized spacial score (nSPS) is 15.4. The number of fused-ring (bicyclic) bond motifs is 1. The van der Waals surface area contributed by atoms with Crippen LogP contribution in [-0.2, 0) is 16.0 Å². The van der Waals surface area contributed by atoms with E-state index in [4.69, 9.17) is 11.6 Å². The number of halogens is 1. The Morgan fingerprint density at radius 2 is 1.86 bits per heavy atom. The van der Waals surface area contributed by atoms with Gasteiger partial charge in [0.15, 0.2) is 0 Å². The number of amides is 2. The number of hydrogen-bond acceptors (Lipinski definition) is 2. The Labute approximate surface area is 133 Å². The van der Waals surface area contributed by atoms with E-state index in [1.807, 2.05) is 29.3 Å². The summed E-state index contributed by atoms with van der Waals surface area (Å²) in [6, 6.07) is 5.62.